The van der Waals surface area contributed by atoms with Crippen LogP contribution in [0.4, 0.5) is 0 Å². The predicted octanol–water partition coefficient (Wildman–Crippen LogP) is 5.72. The van der Waals surface area contributed by atoms with Gasteiger partial charge >= 0.3 is 0 Å². The first-order chi connectivity index (χ1) is 15.0. The summed E-state index contributed by atoms with van der Waals surface area (Å²) in [6, 6.07) is 11.0. The molecule has 31 heavy (non-hydrogen) atoms. The average Bonchev–Trinajstić information content (AvgIpc) is 2.79. The highest BCUT2D eigenvalue weighted by Gasteiger charge is 2.33. The van der Waals surface area contributed by atoms with Gasteiger partial charge in [-0.15, -0.1) is 0 Å². The normalized spacial score (nSPS) is 18.7. The molecule has 1 amide bonds. The van der Waals surface area contributed by atoms with Crippen molar-refractivity contribution in [3.63, 3.8) is 0 Å². The molecule has 3 aromatic rings. The topological polar surface area (TPSA) is 59.0 Å². The Morgan fingerprint density at radius 1 is 1.10 bits per heavy atom. The minimum absolute atomic E-state index is 0.000245. The quantitative estimate of drug-likeness (QED) is 0.494. The van der Waals surface area contributed by atoms with Gasteiger partial charge < -0.3 is 4.90 Å². The number of aromatic nitrogens is 3. The number of aryl methyl sites for hydroxylation is 1. The summed E-state index contributed by atoms with van der Waals surface area (Å²) in [6.07, 6.45) is 8.76. The lowest BCUT2D eigenvalue weighted by Crippen LogP contribution is -2.48. The van der Waals surface area contributed by atoms with Crippen molar-refractivity contribution in [2.24, 2.45) is 5.92 Å². The standard InChI is InChI=1S/C24H24Cl2N4O/c1-16-4-2-13-30(22(16)10-8-19-7-5-18(26)15-29-19)24(31)20-9-6-17(25)14-21(20)23-27-11-3-12-28-23/h3,5-7,9,11-12,14-16,22H,2,4,8,10,13H2,1H3/t16-,22-/m1/s1. The molecule has 0 unspecified atom stereocenters. The van der Waals surface area contributed by atoms with E-state index in [4.69, 9.17) is 23.2 Å². The van der Waals surface area contributed by atoms with E-state index in [1.807, 2.05) is 17.0 Å². The maximum absolute atomic E-state index is 13.7. The van der Waals surface area contributed by atoms with Crippen LogP contribution in [0, 0.1) is 5.92 Å². The number of hydrogen-bond donors (Lipinski definition) is 0. The molecular formula is C24H24Cl2N4O. The van der Waals surface area contributed by atoms with Gasteiger partial charge in [0, 0.05) is 47.5 Å². The number of benzene rings is 1. The van der Waals surface area contributed by atoms with Gasteiger partial charge in [-0.05, 0) is 68.0 Å². The van der Waals surface area contributed by atoms with Crippen molar-refractivity contribution in [1.82, 2.24) is 19.9 Å². The van der Waals surface area contributed by atoms with Crippen LogP contribution in [0.2, 0.25) is 10.0 Å². The minimum Gasteiger partial charge on any atom is -0.335 e. The van der Waals surface area contributed by atoms with Crippen LogP contribution in [0.1, 0.15) is 42.2 Å². The Morgan fingerprint density at radius 3 is 2.61 bits per heavy atom. The van der Waals surface area contributed by atoms with Gasteiger partial charge in [-0.3, -0.25) is 9.78 Å². The van der Waals surface area contributed by atoms with E-state index >= 15 is 0 Å². The highest BCUT2D eigenvalue weighted by Crippen LogP contribution is 2.31. The average molecular weight is 455 g/mol. The molecule has 7 heteroatoms. The largest absolute Gasteiger partial charge is 0.335 e. The summed E-state index contributed by atoms with van der Waals surface area (Å²) in [5.41, 5.74) is 2.23. The van der Waals surface area contributed by atoms with Crippen molar-refractivity contribution in [2.45, 2.75) is 38.6 Å². The lowest BCUT2D eigenvalue weighted by Gasteiger charge is -2.40. The van der Waals surface area contributed by atoms with Gasteiger partial charge in [0.2, 0.25) is 0 Å². The Hall–Kier alpha value is -2.50. The zero-order valence-corrected chi connectivity index (χ0v) is 18.9. The van der Waals surface area contributed by atoms with E-state index in [1.165, 1.54) is 0 Å². The maximum Gasteiger partial charge on any atom is 0.254 e. The fourth-order valence-electron chi connectivity index (χ4n) is 4.27. The molecule has 5 nitrogen and oxygen atoms in total. The summed E-state index contributed by atoms with van der Waals surface area (Å²) in [5.74, 6) is 0.911. The first-order valence-corrected chi connectivity index (χ1v) is 11.3. The van der Waals surface area contributed by atoms with Gasteiger partial charge in [0.05, 0.1) is 10.6 Å². The predicted molar refractivity (Wildman–Crippen MR) is 123 cm³/mol. The third kappa shape index (κ3) is 5.05. The molecular weight excluding hydrogens is 431 g/mol. The van der Waals surface area contributed by atoms with Gasteiger partial charge in [0.25, 0.3) is 5.91 Å². The summed E-state index contributed by atoms with van der Waals surface area (Å²) < 4.78 is 0. The molecule has 1 aromatic carbocycles. The second-order valence-corrected chi connectivity index (χ2v) is 8.83. The third-order valence-electron chi connectivity index (χ3n) is 5.88. The van der Waals surface area contributed by atoms with Crippen LogP contribution in [0.3, 0.4) is 0 Å². The summed E-state index contributed by atoms with van der Waals surface area (Å²) in [5, 5.41) is 1.18. The smallest absolute Gasteiger partial charge is 0.254 e. The number of halogens is 2. The molecule has 160 valence electrons. The van der Waals surface area contributed by atoms with Gasteiger partial charge in [0.15, 0.2) is 5.82 Å². The van der Waals surface area contributed by atoms with Crippen LogP contribution in [-0.4, -0.2) is 38.3 Å². The fourth-order valence-corrected chi connectivity index (χ4v) is 4.56. The van der Waals surface area contributed by atoms with E-state index < -0.39 is 0 Å². The molecule has 0 bridgehead atoms. The summed E-state index contributed by atoms with van der Waals surface area (Å²) in [7, 11) is 0. The minimum atomic E-state index is -0.000245. The van der Waals surface area contributed by atoms with Crippen molar-refractivity contribution >= 4 is 29.1 Å². The molecule has 1 aliphatic rings. The Bertz CT molecular complexity index is 1040. The third-order valence-corrected chi connectivity index (χ3v) is 6.34. The second-order valence-electron chi connectivity index (χ2n) is 7.95. The fraction of sp³-hybridized carbons (Fsp3) is 0.333. The van der Waals surface area contributed by atoms with E-state index in [0.29, 0.717) is 32.9 Å². The number of amides is 1. The zero-order chi connectivity index (χ0) is 21.8. The molecule has 4 rings (SSSR count). The van der Waals surface area contributed by atoms with Gasteiger partial charge in [-0.25, -0.2) is 9.97 Å². The summed E-state index contributed by atoms with van der Waals surface area (Å²) >= 11 is 12.2. The molecule has 2 aromatic heterocycles. The first-order valence-electron chi connectivity index (χ1n) is 10.5. The molecule has 0 N–H and O–H groups in total. The van der Waals surface area contributed by atoms with Crippen LogP contribution in [-0.2, 0) is 6.42 Å². The van der Waals surface area contributed by atoms with E-state index in [-0.39, 0.29) is 11.9 Å². The maximum atomic E-state index is 13.7. The molecule has 0 aliphatic carbocycles. The number of hydrogen-bond acceptors (Lipinski definition) is 4. The number of rotatable bonds is 5. The van der Waals surface area contributed by atoms with Gasteiger partial charge in [0.1, 0.15) is 0 Å². The van der Waals surface area contributed by atoms with Crippen molar-refractivity contribution in [3.8, 4) is 11.4 Å². The zero-order valence-electron chi connectivity index (χ0n) is 17.3. The molecule has 0 saturated carbocycles. The molecule has 3 heterocycles. The number of nitrogens with zero attached hydrogens (tertiary/aromatic N) is 4. The summed E-state index contributed by atoms with van der Waals surface area (Å²) in [4.78, 5) is 28.8. The van der Waals surface area contributed by atoms with Crippen LogP contribution < -0.4 is 0 Å². The first kappa shape index (κ1) is 21.7. The van der Waals surface area contributed by atoms with Crippen molar-refractivity contribution < 1.29 is 4.79 Å². The highest BCUT2D eigenvalue weighted by molar-refractivity contribution is 6.31. The molecule has 1 aliphatic heterocycles. The van der Waals surface area contributed by atoms with Crippen LogP contribution in [0.5, 0.6) is 0 Å². The van der Waals surface area contributed by atoms with Crippen molar-refractivity contribution in [2.75, 3.05) is 6.54 Å². The molecule has 0 spiro atoms. The lowest BCUT2D eigenvalue weighted by atomic mass is 9.86. The number of carbonyl (C=O) groups is 1. The van der Waals surface area contributed by atoms with Gasteiger partial charge in [-0.1, -0.05) is 30.1 Å². The van der Waals surface area contributed by atoms with Crippen molar-refractivity contribution in [3.05, 3.63) is 76.3 Å². The Labute approximate surface area is 192 Å². The molecule has 2 atom stereocenters. The Morgan fingerprint density at radius 2 is 1.87 bits per heavy atom. The summed E-state index contributed by atoms with van der Waals surface area (Å²) in [6.45, 7) is 2.96. The van der Waals surface area contributed by atoms with E-state index in [2.05, 4.69) is 21.9 Å². The molecule has 1 saturated heterocycles. The van der Waals surface area contributed by atoms with Crippen LogP contribution in [0.15, 0.2) is 55.0 Å². The van der Waals surface area contributed by atoms with E-state index in [0.717, 1.165) is 37.9 Å². The second kappa shape index (κ2) is 9.75. The SMILES string of the molecule is C[C@@H]1CCCN(C(=O)c2ccc(Cl)cc2-c2ncccn2)[C@@H]1CCc1ccc(Cl)cn1. The molecule has 0 radical (unpaired) electrons. The number of pyridine rings is 1. The Balaban J connectivity index is 1.61. The van der Waals surface area contributed by atoms with Crippen molar-refractivity contribution in [1.29, 1.82) is 0 Å². The molecule has 1 fully saturated rings. The number of piperidine rings is 1. The van der Waals surface area contributed by atoms with E-state index in [9.17, 15) is 4.79 Å². The Kier molecular flexibility index (Phi) is 6.83. The monoisotopic (exact) mass is 454 g/mol. The number of likely N-dealkylation sites (tertiary alicyclic amines) is 1. The van der Waals surface area contributed by atoms with Crippen LogP contribution in [0.25, 0.3) is 11.4 Å². The number of carbonyl (C=O) groups excluding carboxylic acids is 1. The van der Waals surface area contributed by atoms with Gasteiger partial charge in [-0.2, -0.15) is 0 Å². The van der Waals surface area contributed by atoms with Crippen LogP contribution >= 0.6 is 23.2 Å². The highest BCUT2D eigenvalue weighted by atomic mass is 35.5. The van der Waals surface area contributed by atoms with E-state index in [1.54, 1.807) is 42.9 Å². The lowest BCUT2D eigenvalue weighted by molar-refractivity contribution is 0.0500.